The molecule has 3 N–H and O–H groups in total. The molecular weight excluding hydrogens is 308 g/mol. The van der Waals surface area contributed by atoms with Crippen molar-refractivity contribution in [1.82, 2.24) is 9.80 Å². The Hall–Kier alpha value is -1.47. The summed E-state index contributed by atoms with van der Waals surface area (Å²) in [6.45, 7) is 2.04. The van der Waals surface area contributed by atoms with Gasteiger partial charge in [0.05, 0.1) is 6.10 Å². The van der Waals surface area contributed by atoms with Gasteiger partial charge in [-0.25, -0.2) is 0 Å². The average Bonchev–Trinajstić information content (AvgIpc) is 2.55. The molecule has 0 aliphatic carbocycles. The highest BCUT2D eigenvalue weighted by Crippen LogP contribution is 2.26. The van der Waals surface area contributed by atoms with E-state index in [9.17, 15) is 20.1 Å². The quantitative estimate of drug-likeness (QED) is 0.684. The van der Waals surface area contributed by atoms with Crippen LogP contribution in [0.5, 0.6) is 0 Å². The second-order valence-electron chi connectivity index (χ2n) is 7.04. The number of benzene rings is 1. The summed E-state index contributed by atoms with van der Waals surface area (Å²) in [7, 11) is 0. The Morgan fingerprint density at radius 1 is 1.17 bits per heavy atom. The number of carbonyl (C=O) groups excluding carboxylic acids is 1. The highest BCUT2D eigenvalue weighted by molar-refractivity contribution is 5.76. The third-order valence-corrected chi connectivity index (χ3v) is 5.09. The van der Waals surface area contributed by atoms with Gasteiger partial charge in [-0.1, -0.05) is 30.3 Å². The third kappa shape index (κ3) is 3.95. The molecule has 2 fully saturated rings. The standard InChI is InChI=1S/C18H26N2O4/c21-15-10-19(11-15)13-18(24)8-9-20(12-16(18)22)17(23)7-6-14-4-2-1-3-5-14/h1-5,15-16,21-22,24H,6-13H2/t16-,18-/m0/s1. The van der Waals surface area contributed by atoms with Crippen LogP contribution in [0.15, 0.2) is 30.3 Å². The lowest BCUT2D eigenvalue weighted by molar-refractivity contribution is -0.160. The number of hydrogen-bond acceptors (Lipinski definition) is 5. The topological polar surface area (TPSA) is 84.2 Å². The van der Waals surface area contributed by atoms with E-state index in [1.807, 2.05) is 35.2 Å². The van der Waals surface area contributed by atoms with E-state index in [0.717, 1.165) is 5.56 Å². The van der Waals surface area contributed by atoms with E-state index in [1.54, 1.807) is 4.90 Å². The first kappa shape index (κ1) is 17.4. The summed E-state index contributed by atoms with van der Waals surface area (Å²) < 4.78 is 0. The first-order chi connectivity index (χ1) is 11.5. The summed E-state index contributed by atoms with van der Waals surface area (Å²) in [6.07, 6.45) is 0.170. The number of rotatable bonds is 5. The Morgan fingerprint density at radius 2 is 1.88 bits per heavy atom. The fraction of sp³-hybridized carbons (Fsp3) is 0.611. The number of aliphatic hydroxyl groups excluding tert-OH is 2. The van der Waals surface area contributed by atoms with Crippen LogP contribution in [0, 0.1) is 0 Å². The number of likely N-dealkylation sites (tertiary alicyclic amines) is 2. The Labute approximate surface area is 142 Å². The Morgan fingerprint density at radius 3 is 2.50 bits per heavy atom. The molecule has 0 radical (unpaired) electrons. The second-order valence-corrected chi connectivity index (χ2v) is 7.04. The van der Waals surface area contributed by atoms with Crippen LogP contribution in [0.25, 0.3) is 0 Å². The molecule has 0 spiro atoms. The van der Waals surface area contributed by atoms with Gasteiger partial charge in [0.15, 0.2) is 0 Å². The average molecular weight is 334 g/mol. The van der Waals surface area contributed by atoms with Crippen molar-refractivity contribution in [1.29, 1.82) is 0 Å². The lowest BCUT2D eigenvalue weighted by Gasteiger charge is -2.47. The van der Waals surface area contributed by atoms with Gasteiger partial charge in [-0.2, -0.15) is 0 Å². The van der Waals surface area contributed by atoms with Gasteiger partial charge in [0.1, 0.15) is 11.7 Å². The van der Waals surface area contributed by atoms with Crippen LogP contribution in [0.3, 0.4) is 0 Å². The number of nitrogens with zero attached hydrogens (tertiary/aromatic N) is 2. The number of β-amino-alcohol motifs (C(OH)–C–C–N with tert-alkyl or cyclic N) is 3. The molecule has 0 aromatic heterocycles. The molecule has 24 heavy (non-hydrogen) atoms. The van der Waals surface area contributed by atoms with Crippen LogP contribution < -0.4 is 0 Å². The van der Waals surface area contributed by atoms with E-state index in [-0.39, 0.29) is 18.6 Å². The summed E-state index contributed by atoms with van der Waals surface area (Å²) in [6, 6.07) is 9.86. The molecule has 2 saturated heterocycles. The summed E-state index contributed by atoms with van der Waals surface area (Å²) in [5.74, 6) is 0.0133. The summed E-state index contributed by atoms with van der Waals surface area (Å²) >= 11 is 0. The summed E-state index contributed by atoms with van der Waals surface area (Å²) in [5.41, 5.74) is -0.0765. The molecule has 132 valence electrons. The van der Waals surface area contributed by atoms with E-state index in [0.29, 0.717) is 45.4 Å². The normalized spacial score (nSPS) is 28.6. The molecule has 6 heteroatoms. The van der Waals surface area contributed by atoms with Crippen molar-refractivity contribution >= 4 is 5.91 Å². The highest BCUT2D eigenvalue weighted by atomic mass is 16.3. The fourth-order valence-corrected chi connectivity index (χ4v) is 3.49. The molecule has 2 aliphatic heterocycles. The van der Waals surface area contributed by atoms with Crippen LogP contribution >= 0.6 is 0 Å². The van der Waals surface area contributed by atoms with Gasteiger partial charge in [-0.3, -0.25) is 9.69 Å². The van der Waals surface area contributed by atoms with Crippen molar-refractivity contribution in [3.05, 3.63) is 35.9 Å². The molecule has 2 atom stereocenters. The van der Waals surface area contributed by atoms with Crippen molar-refractivity contribution in [3.63, 3.8) is 0 Å². The van der Waals surface area contributed by atoms with Crippen molar-refractivity contribution in [2.75, 3.05) is 32.7 Å². The molecule has 0 unspecified atom stereocenters. The van der Waals surface area contributed by atoms with Gasteiger partial charge >= 0.3 is 0 Å². The lowest BCUT2D eigenvalue weighted by Crippen LogP contribution is -2.64. The van der Waals surface area contributed by atoms with E-state index >= 15 is 0 Å². The number of hydrogen-bond donors (Lipinski definition) is 3. The van der Waals surface area contributed by atoms with Crippen molar-refractivity contribution < 1.29 is 20.1 Å². The molecule has 1 amide bonds. The number of aliphatic hydroxyl groups is 3. The van der Waals surface area contributed by atoms with Crippen LogP contribution in [0.1, 0.15) is 18.4 Å². The second kappa shape index (κ2) is 7.19. The minimum atomic E-state index is -1.20. The van der Waals surface area contributed by atoms with E-state index in [2.05, 4.69) is 0 Å². The van der Waals surface area contributed by atoms with Crippen LogP contribution in [0.2, 0.25) is 0 Å². The van der Waals surface area contributed by atoms with E-state index in [1.165, 1.54) is 0 Å². The predicted molar refractivity (Wildman–Crippen MR) is 89.4 cm³/mol. The number of aryl methyl sites for hydroxylation is 1. The molecule has 0 saturated carbocycles. The van der Waals surface area contributed by atoms with E-state index < -0.39 is 11.7 Å². The molecule has 1 aromatic rings. The molecule has 2 aliphatic rings. The van der Waals surface area contributed by atoms with E-state index in [4.69, 9.17) is 0 Å². The number of amides is 1. The minimum absolute atomic E-state index is 0.0133. The molecular formula is C18H26N2O4. The summed E-state index contributed by atoms with van der Waals surface area (Å²) in [5, 5.41) is 30.3. The maximum absolute atomic E-state index is 12.4. The zero-order valence-corrected chi connectivity index (χ0v) is 13.8. The summed E-state index contributed by atoms with van der Waals surface area (Å²) in [4.78, 5) is 15.9. The van der Waals surface area contributed by atoms with Gasteiger partial charge < -0.3 is 20.2 Å². The Bertz CT molecular complexity index is 561. The number of carbonyl (C=O) groups is 1. The molecule has 2 heterocycles. The molecule has 6 nitrogen and oxygen atoms in total. The van der Waals surface area contributed by atoms with Gasteiger partial charge in [0, 0.05) is 39.1 Å². The maximum atomic E-state index is 12.4. The fourth-order valence-electron chi connectivity index (χ4n) is 3.49. The van der Waals surface area contributed by atoms with Gasteiger partial charge in [0.2, 0.25) is 5.91 Å². The lowest BCUT2D eigenvalue weighted by atomic mass is 9.86. The zero-order valence-electron chi connectivity index (χ0n) is 13.8. The molecule has 1 aromatic carbocycles. The van der Waals surface area contributed by atoms with Gasteiger partial charge in [-0.05, 0) is 18.4 Å². The maximum Gasteiger partial charge on any atom is 0.222 e. The monoisotopic (exact) mass is 334 g/mol. The van der Waals surface area contributed by atoms with Gasteiger partial charge in [-0.15, -0.1) is 0 Å². The molecule has 0 bridgehead atoms. The Kier molecular flexibility index (Phi) is 5.20. The zero-order chi connectivity index (χ0) is 17.2. The van der Waals surface area contributed by atoms with Crippen molar-refractivity contribution in [3.8, 4) is 0 Å². The SMILES string of the molecule is O=C(CCc1ccccc1)N1CC[C@](O)(CN2CC(O)C2)[C@@H](O)C1. The van der Waals surface area contributed by atoms with Crippen molar-refractivity contribution in [2.24, 2.45) is 0 Å². The van der Waals surface area contributed by atoms with Crippen molar-refractivity contribution in [2.45, 2.75) is 37.1 Å². The number of piperidine rings is 1. The Balaban J connectivity index is 1.48. The van der Waals surface area contributed by atoms with Gasteiger partial charge in [0.25, 0.3) is 0 Å². The van der Waals surface area contributed by atoms with Crippen LogP contribution in [-0.2, 0) is 11.2 Å². The van der Waals surface area contributed by atoms with Crippen LogP contribution in [-0.4, -0.2) is 81.6 Å². The highest BCUT2D eigenvalue weighted by Gasteiger charge is 2.44. The van der Waals surface area contributed by atoms with Crippen LogP contribution in [0.4, 0.5) is 0 Å². The largest absolute Gasteiger partial charge is 0.390 e. The first-order valence-corrected chi connectivity index (χ1v) is 8.59. The third-order valence-electron chi connectivity index (χ3n) is 5.09. The first-order valence-electron chi connectivity index (χ1n) is 8.59. The molecule has 3 rings (SSSR count). The minimum Gasteiger partial charge on any atom is -0.390 e. The smallest absolute Gasteiger partial charge is 0.222 e. The predicted octanol–water partition coefficient (Wildman–Crippen LogP) is -0.380.